The first-order valence-electron chi connectivity index (χ1n) is 14.6. The molecule has 5 rings (SSSR count). The number of likely N-dealkylation sites (tertiary alicyclic amines) is 1. The van der Waals surface area contributed by atoms with Gasteiger partial charge in [0.15, 0.2) is 5.75 Å². The Kier molecular flexibility index (Phi) is 8.60. The SMILES string of the molecule is Cc1cc(C(C)(C)C)ccc1C1=C(c2ccc(O[C@H]3CCN(CCCF)C3)cc2)c2ccc(OF)cc2CCC1. The van der Waals surface area contributed by atoms with Gasteiger partial charge in [-0.15, -0.1) is 0 Å². The van der Waals surface area contributed by atoms with E-state index in [4.69, 9.17) is 4.74 Å². The van der Waals surface area contributed by atoms with Gasteiger partial charge in [0.2, 0.25) is 0 Å². The van der Waals surface area contributed by atoms with Crippen LogP contribution >= 0.6 is 0 Å². The second kappa shape index (κ2) is 12.1. The highest BCUT2D eigenvalue weighted by Crippen LogP contribution is 2.42. The Bertz CT molecular complexity index is 1360. The largest absolute Gasteiger partial charge is 0.489 e. The Morgan fingerprint density at radius 1 is 0.925 bits per heavy atom. The van der Waals surface area contributed by atoms with Crippen molar-refractivity contribution in [3.8, 4) is 11.5 Å². The number of fused-ring (bicyclic) bond motifs is 1. The first-order chi connectivity index (χ1) is 19.3. The standard InChI is InChI=1S/C35H41F2NO2/c1-24-21-27(35(2,3)4)11-15-31(24)33-8-5-7-26-22-29(40-37)14-16-32(26)34(33)25-9-12-28(13-10-25)39-30-17-20-38(23-30)19-6-18-36/h9-16,21-22,30H,5-8,17-20,23H2,1-4H3/t30-/m0/s1. The molecule has 0 unspecified atom stereocenters. The van der Waals surface area contributed by atoms with E-state index in [1.54, 1.807) is 6.07 Å². The van der Waals surface area contributed by atoms with Crippen molar-refractivity contribution in [2.45, 2.75) is 71.3 Å². The number of hydrogen-bond acceptors (Lipinski definition) is 3. The molecule has 1 saturated heterocycles. The summed E-state index contributed by atoms with van der Waals surface area (Å²) in [5.41, 5.74) is 9.80. The van der Waals surface area contributed by atoms with Crippen LogP contribution in [0.3, 0.4) is 0 Å². The number of allylic oxidation sites excluding steroid dienone is 1. The molecule has 1 aliphatic carbocycles. The van der Waals surface area contributed by atoms with Gasteiger partial charge in [0.1, 0.15) is 11.9 Å². The maximum atomic E-state index is 13.1. The van der Waals surface area contributed by atoms with Crippen LogP contribution in [0.5, 0.6) is 11.5 Å². The number of nitrogens with zero attached hydrogens (tertiary/aromatic N) is 1. The molecule has 3 aromatic rings. The van der Waals surface area contributed by atoms with Crippen molar-refractivity contribution in [1.82, 2.24) is 4.90 Å². The van der Waals surface area contributed by atoms with Gasteiger partial charge in [-0.1, -0.05) is 57.2 Å². The zero-order valence-corrected chi connectivity index (χ0v) is 24.2. The molecular formula is C35H41F2NO2. The van der Waals surface area contributed by atoms with Crippen LogP contribution < -0.4 is 9.68 Å². The van der Waals surface area contributed by atoms with E-state index in [1.165, 1.54) is 27.8 Å². The van der Waals surface area contributed by atoms with Crippen molar-refractivity contribution in [1.29, 1.82) is 0 Å². The van der Waals surface area contributed by atoms with Crippen molar-refractivity contribution < 1.29 is 18.6 Å². The van der Waals surface area contributed by atoms with E-state index in [0.717, 1.165) is 67.8 Å². The Morgan fingerprint density at radius 3 is 2.38 bits per heavy atom. The maximum absolute atomic E-state index is 13.1. The third-order valence-electron chi connectivity index (χ3n) is 8.31. The third kappa shape index (κ3) is 6.25. The van der Waals surface area contributed by atoms with E-state index in [-0.39, 0.29) is 23.9 Å². The molecule has 0 saturated carbocycles. The number of rotatable bonds is 8. The molecule has 0 spiro atoms. The average molecular weight is 546 g/mol. The molecular weight excluding hydrogens is 504 g/mol. The first kappa shape index (κ1) is 28.4. The molecule has 0 amide bonds. The van der Waals surface area contributed by atoms with Gasteiger partial charge in [-0.25, -0.2) is 0 Å². The smallest absolute Gasteiger partial charge is 0.172 e. The summed E-state index contributed by atoms with van der Waals surface area (Å²) in [6.45, 7) is 11.3. The summed E-state index contributed by atoms with van der Waals surface area (Å²) < 4.78 is 32.0. The fourth-order valence-corrected chi connectivity index (χ4v) is 6.15. The lowest BCUT2D eigenvalue weighted by atomic mass is 9.82. The van der Waals surface area contributed by atoms with Gasteiger partial charge in [0.05, 0.1) is 6.67 Å². The van der Waals surface area contributed by atoms with Crippen molar-refractivity contribution >= 4 is 11.1 Å². The lowest BCUT2D eigenvalue weighted by molar-refractivity contribution is -0.00629. The van der Waals surface area contributed by atoms with E-state index >= 15 is 0 Å². The Labute approximate surface area is 237 Å². The summed E-state index contributed by atoms with van der Waals surface area (Å²) in [5, 5.41) is 0. The molecule has 2 aliphatic rings. The van der Waals surface area contributed by atoms with Crippen molar-refractivity contribution in [2.24, 2.45) is 0 Å². The minimum Gasteiger partial charge on any atom is -0.489 e. The van der Waals surface area contributed by atoms with E-state index in [1.807, 2.05) is 12.1 Å². The van der Waals surface area contributed by atoms with Crippen molar-refractivity contribution in [3.63, 3.8) is 0 Å². The number of alkyl halides is 1. The summed E-state index contributed by atoms with van der Waals surface area (Å²) in [6, 6.07) is 20.8. The number of benzene rings is 3. The highest BCUT2D eigenvalue weighted by atomic mass is 19.3. The molecule has 5 heteroatoms. The molecule has 0 aromatic heterocycles. The van der Waals surface area contributed by atoms with Crippen LogP contribution in [0.2, 0.25) is 0 Å². The highest BCUT2D eigenvalue weighted by Gasteiger charge is 2.25. The number of halogens is 2. The molecule has 0 N–H and O–H groups in total. The maximum Gasteiger partial charge on any atom is 0.172 e. The van der Waals surface area contributed by atoms with Crippen LogP contribution in [0.1, 0.15) is 79.8 Å². The van der Waals surface area contributed by atoms with Crippen molar-refractivity contribution in [3.05, 3.63) is 94.0 Å². The number of ether oxygens (including phenoxy) is 1. The van der Waals surface area contributed by atoms with Gasteiger partial charge in [-0.05, 0) is 113 Å². The van der Waals surface area contributed by atoms with Gasteiger partial charge in [-0.3, -0.25) is 14.2 Å². The molecule has 0 radical (unpaired) electrons. The predicted molar refractivity (Wildman–Crippen MR) is 159 cm³/mol. The minimum atomic E-state index is -0.271. The summed E-state index contributed by atoms with van der Waals surface area (Å²) in [4.78, 5) is 6.37. The number of aryl methyl sites for hydroxylation is 2. The predicted octanol–water partition coefficient (Wildman–Crippen LogP) is 8.66. The fraction of sp³-hybridized carbons (Fsp3) is 0.429. The van der Waals surface area contributed by atoms with Crippen molar-refractivity contribution in [2.75, 3.05) is 26.3 Å². The second-order valence-electron chi connectivity index (χ2n) is 12.3. The minimum absolute atomic E-state index is 0.0821. The van der Waals surface area contributed by atoms with Gasteiger partial charge in [0, 0.05) is 24.2 Å². The molecule has 1 fully saturated rings. The molecule has 3 nitrogen and oxygen atoms in total. The van der Waals surface area contributed by atoms with Crippen LogP contribution in [0.15, 0.2) is 60.7 Å². The summed E-state index contributed by atoms with van der Waals surface area (Å²) in [6.07, 6.45) is 4.43. The van der Waals surface area contributed by atoms with E-state index in [0.29, 0.717) is 6.42 Å². The van der Waals surface area contributed by atoms with Crippen LogP contribution in [0, 0.1) is 6.92 Å². The van der Waals surface area contributed by atoms with E-state index in [2.05, 4.69) is 80.0 Å². The van der Waals surface area contributed by atoms with E-state index in [9.17, 15) is 8.92 Å². The third-order valence-corrected chi connectivity index (χ3v) is 8.31. The zero-order chi connectivity index (χ0) is 28.3. The van der Waals surface area contributed by atoms with Crippen LogP contribution in [-0.4, -0.2) is 37.3 Å². The average Bonchev–Trinajstić information content (AvgIpc) is 3.30. The normalized spacial score (nSPS) is 18.0. The molecule has 1 aliphatic heterocycles. The Balaban J connectivity index is 1.52. The van der Waals surface area contributed by atoms with Crippen LogP contribution in [-0.2, 0) is 11.8 Å². The first-order valence-corrected chi connectivity index (χ1v) is 14.6. The van der Waals surface area contributed by atoms with Gasteiger partial charge >= 0.3 is 0 Å². The van der Waals surface area contributed by atoms with E-state index < -0.39 is 0 Å². The Morgan fingerprint density at radius 2 is 1.68 bits per heavy atom. The fourth-order valence-electron chi connectivity index (χ4n) is 6.15. The summed E-state index contributed by atoms with van der Waals surface area (Å²) in [5.74, 6) is 1.09. The molecule has 1 atom stereocenters. The molecule has 0 bridgehead atoms. The highest BCUT2D eigenvalue weighted by molar-refractivity contribution is 6.00. The summed E-state index contributed by atoms with van der Waals surface area (Å²) >= 11 is 0. The Hall–Kier alpha value is -3.18. The second-order valence-corrected chi connectivity index (χ2v) is 12.3. The zero-order valence-electron chi connectivity index (χ0n) is 24.2. The molecule has 3 aromatic carbocycles. The number of hydrogen-bond donors (Lipinski definition) is 0. The summed E-state index contributed by atoms with van der Waals surface area (Å²) in [7, 11) is 0. The molecule has 40 heavy (non-hydrogen) atoms. The monoisotopic (exact) mass is 545 g/mol. The topological polar surface area (TPSA) is 21.7 Å². The van der Waals surface area contributed by atoms with Crippen LogP contribution in [0.4, 0.5) is 8.92 Å². The van der Waals surface area contributed by atoms with Gasteiger partial charge in [0.25, 0.3) is 0 Å². The lowest BCUT2D eigenvalue weighted by Crippen LogP contribution is -2.26. The van der Waals surface area contributed by atoms with Crippen LogP contribution in [0.25, 0.3) is 11.1 Å². The molecule has 1 heterocycles. The van der Waals surface area contributed by atoms with Gasteiger partial charge in [-0.2, -0.15) is 0 Å². The molecule has 212 valence electrons. The lowest BCUT2D eigenvalue weighted by Gasteiger charge is -2.23. The van der Waals surface area contributed by atoms with Gasteiger partial charge < -0.3 is 4.74 Å². The quantitative estimate of drug-likeness (QED) is 0.283.